The molecule has 1 fully saturated rings. The van der Waals surface area contributed by atoms with E-state index in [4.69, 9.17) is 44.3 Å². The average Bonchev–Trinajstić information content (AvgIpc) is 3.20. The molecule has 0 unspecified atom stereocenters. The highest BCUT2D eigenvalue weighted by molar-refractivity contribution is 6.35. The molecule has 0 bridgehead atoms. The van der Waals surface area contributed by atoms with Crippen LogP contribution in [0.5, 0.6) is 0 Å². The molecule has 1 saturated heterocycles. The highest BCUT2D eigenvalue weighted by Gasteiger charge is 2.56. The van der Waals surface area contributed by atoms with E-state index in [1.807, 2.05) is 78.9 Å². The molecule has 1 aliphatic carbocycles. The van der Waals surface area contributed by atoms with Gasteiger partial charge in [-0.3, -0.25) is 4.79 Å². The molecule has 3 aromatic rings. The Morgan fingerprint density at radius 2 is 1.54 bits per heavy atom. The van der Waals surface area contributed by atoms with Gasteiger partial charge in [-0.1, -0.05) is 95.5 Å². The second-order valence-corrected chi connectivity index (χ2v) is 12.8. The summed E-state index contributed by atoms with van der Waals surface area (Å²) in [5, 5.41) is 1.69. The third-order valence-electron chi connectivity index (χ3n) is 7.61. The summed E-state index contributed by atoms with van der Waals surface area (Å²) in [6.45, 7) is 5.86. The number of nitrogens with zero attached hydrogens (tertiary/aromatic N) is 1. The first-order valence-electron chi connectivity index (χ1n) is 13.6. The number of fused-ring (bicyclic) bond motifs is 1. The van der Waals surface area contributed by atoms with Crippen LogP contribution in [-0.2, 0) is 20.9 Å². The molecule has 5 nitrogen and oxygen atoms in total. The van der Waals surface area contributed by atoms with Gasteiger partial charge in [0.15, 0.2) is 0 Å². The Morgan fingerprint density at radius 3 is 2.20 bits per heavy atom. The number of carbonyl (C=O) groups excluding carboxylic acids is 2. The van der Waals surface area contributed by atoms with Crippen LogP contribution in [0.15, 0.2) is 84.9 Å². The van der Waals surface area contributed by atoms with E-state index in [1.165, 1.54) is 4.90 Å². The van der Waals surface area contributed by atoms with Gasteiger partial charge in [-0.15, -0.1) is 0 Å². The van der Waals surface area contributed by atoms with Crippen molar-refractivity contribution in [3.8, 4) is 0 Å². The molecule has 3 aromatic carbocycles. The highest BCUT2D eigenvalue weighted by Crippen LogP contribution is 2.53. The number of ether oxygens (including phenoxy) is 2. The quantitative estimate of drug-likeness (QED) is 0.261. The molecule has 2 aliphatic rings. The zero-order valence-corrected chi connectivity index (χ0v) is 25.4. The minimum Gasteiger partial charge on any atom is -0.443 e. The zero-order valence-electron chi connectivity index (χ0n) is 23.1. The molecule has 1 heterocycles. The molecule has 5 rings (SSSR count). The van der Waals surface area contributed by atoms with Crippen LogP contribution in [0.2, 0.25) is 15.1 Å². The summed E-state index contributed by atoms with van der Waals surface area (Å²) in [7, 11) is 0. The van der Waals surface area contributed by atoms with Crippen LogP contribution < -0.4 is 0 Å². The standard InChI is InChI=1S/C33H32Cl3NO4/c1-33(2,3)41-32(39)37-28(19-40-18-20-7-5-4-6-8-20)30-26(31(37)38)16-15-25(24-14-13-23(35)17-27(24)36)29(30)21-9-11-22(34)12-10-21/h4-17,25-26,28-30H,18-19H2,1-3H3/t25-,26-,28+,29-,30-/m0/s1. The van der Waals surface area contributed by atoms with Crippen molar-refractivity contribution in [1.82, 2.24) is 4.90 Å². The minimum absolute atomic E-state index is 0.153. The third kappa shape index (κ3) is 6.49. The zero-order chi connectivity index (χ0) is 29.3. The van der Waals surface area contributed by atoms with Gasteiger partial charge >= 0.3 is 6.09 Å². The number of amides is 2. The molecule has 0 spiro atoms. The molecule has 214 valence electrons. The van der Waals surface area contributed by atoms with Crippen LogP contribution in [0.3, 0.4) is 0 Å². The first-order valence-corrected chi connectivity index (χ1v) is 14.7. The minimum atomic E-state index is -0.772. The maximum Gasteiger partial charge on any atom is 0.417 e. The van der Waals surface area contributed by atoms with Crippen molar-refractivity contribution < 1.29 is 19.1 Å². The number of allylic oxidation sites excluding steroid dienone is 1. The van der Waals surface area contributed by atoms with E-state index in [-0.39, 0.29) is 30.3 Å². The van der Waals surface area contributed by atoms with E-state index in [9.17, 15) is 9.59 Å². The van der Waals surface area contributed by atoms with Gasteiger partial charge in [-0.2, -0.15) is 0 Å². The molecular formula is C33H32Cl3NO4. The number of imide groups is 1. The lowest BCUT2D eigenvalue weighted by Crippen LogP contribution is -2.46. The third-order valence-corrected chi connectivity index (χ3v) is 8.42. The number of hydrogen-bond acceptors (Lipinski definition) is 4. The first kappa shape index (κ1) is 29.7. The predicted octanol–water partition coefficient (Wildman–Crippen LogP) is 8.68. The molecule has 0 saturated carbocycles. The molecule has 0 radical (unpaired) electrons. The van der Waals surface area contributed by atoms with E-state index in [1.54, 1.807) is 26.8 Å². The van der Waals surface area contributed by atoms with Crippen molar-refractivity contribution in [2.75, 3.05) is 6.61 Å². The van der Waals surface area contributed by atoms with Gasteiger partial charge in [0, 0.05) is 32.8 Å². The normalized spacial score (nSPS) is 23.9. The van der Waals surface area contributed by atoms with Gasteiger partial charge < -0.3 is 9.47 Å². The van der Waals surface area contributed by atoms with E-state index in [0.717, 1.165) is 16.7 Å². The lowest BCUT2D eigenvalue weighted by Gasteiger charge is -2.39. The summed E-state index contributed by atoms with van der Waals surface area (Å²) in [5.41, 5.74) is 2.10. The summed E-state index contributed by atoms with van der Waals surface area (Å²) in [4.78, 5) is 28.8. The first-order chi connectivity index (χ1) is 19.5. The monoisotopic (exact) mass is 611 g/mol. The fourth-order valence-electron chi connectivity index (χ4n) is 5.95. The van der Waals surface area contributed by atoms with Crippen LogP contribution in [-0.4, -0.2) is 35.2 Å². The molecule has 0 N–H and O–H groups in total. The summed E-state index contributed by atoms with van der Waals surface area (Å²) in [5.74, 6) is -1.56. The second-order valence-electron chi connectivity index (χ2n) is 11.5. The number of carbonyl (C=O) groups is 2. The number of benzene rings is 3. The summed E-state index contributed by atoms with van der Waals surface area (Å²) < 4.78 is 11.9. The maximum atomic E-state index is 14.0. The Kier molecular flexibility index (Phi) is 8.81. The van der Waals surface area contributed by atoms with Crippen LogP contribution in [0.1, 0.15) is 49.3 Å². The lowest BCUT2D eigenvalue weighted by molar-refractivity contribution is -0.130. The van der Waals surface area contributed by atoms with Crippen molar-refractivity contribution in [3.05, 3.63) is 117 Å². The van der Waals surface area contributed by atoms with Crippen molar-refractivity contribution >= 4 is 46.8 Å². The Labute approximate surface area is 256 Å². The van der Waals surface area contributed by atoms with Gasteiger partial charge in [-0.05, 0) is 61.7 Å². The summed E-state index contributed by atoms with van der Waals surface area (Å²) in [6, 6.07) is 22.3. The van der Waals surface area contributed by atoms with E-state index in [2.05, 4.69) is 0 Å². The molecule has 41 heavy (non-hydrogen) atoms. The fourth-order valence-corrected chi connectivity index (χ4v) is 6.61. The average molecular weight is 613 g/mol. The Balaban J connectivity index is 1.58. The Bertz CT molecular complexity index is 1440. The van der Waals surface area contributed by atoms with Gasteiger partial charge in [0.25, 0.3) is 0 Å². The molecule has 5 atom stereocenters. The van der Waals surface area contributed by atoms with Crippen molar-refractivity contribution in [3.63, 3.8) is 0 Å². The summed E-state index contributed by atoms with van der Waals surface area (Å²) >= 11 is 19.2. The predicted molar refractivity (Wildman–Crippen MR) is 162 cm³/mol. The second kappa shape index (κ2) is 12.2. The summed E-state index contributed by atoms with van der Waals surface area (Å²) in [6.07, 6.45) is 3.26. The van der Waals surface area contributed by atoms with Crippen LogP contribution in [0, 0.1) is 11.8 Å². The van der Waals surface area contributed by atoms with Crippen LogP contribution in [0.4, 0.5) is 4.79 Å². The van der Waals surface area contributed by atoms with Crippen molar-refractivity contribution in [1.29, 1.82) is 0 Å². The van der Waals surface area contributed by atoms with Gasteiger partial charge in [0.05, 0.1) is 25.2 Å². The molecular weight excluding hydrogens is 581 g/mol. The highest BCUT2D eigenvalue weighted by atomic mass is 35.5. The van der Waals surface area contributed by atoms with Crippen molar-refractivity contribution in [2.24, 2.45) is 11.8 Å². The Hall–Kier alpha value is -2.83. The fraction of sp³-hybridized carbons (Fsp3) is 0.333. The SMILES string of the molecule is CC(C)(C)OC(=O)N1C(=O)[C@H]2C=C[C@@H](c3ccc(Cl)cc3Cl)[C@H](c3ccc(Cl)cc3)[C@@H]2[C@H]1COCc1ccccc1. The largest absolute Gasteiger partial charge is 0.443 e. The topological polar surface area (TPSA) is 55.8 Å². The van der Waals surface area contributed by atoms with Crippen molar-refractivity contribution in [2.45, 2.75) is 50.9 Å². The van der Waals surface area contributed by atoms with Crippen LogP contribution in [0.25, 0.3) is 0 Å². The Morgan fingerprint density at radius 1 is 0.878 bits per heavy atom. The van der Waals surface area contributed by atoms with Gasteiger partial charge in [-0.25, -0.2) is 9.69 Å². The van der Waals surface area contributed by atoms with E-state index < -0.39 is 23.7 Å². The van der Waals surface area contributed by atoms with E-state index >= 15 is 0 Å². The number of hydrogen-bond donors (Lipinski definition) is 0. The molecule has 2 amide bonds. The molecule has 8 heteroatoms. The lowest BCUT2D eigenvalue weighted by atomic mass is 9.65. The number of halogens is 3. The smallest absolute Gasteiger partial charge is 0.417 e. The van der Waals surface area contributed by atoms with Gasteiger partial charge in [0.1, 0.15) is 5.60 Å². The maximum absolute atomic E-state index is 14.0. The van der Waals surface area contributed by atoms with Crippen LogP contribution >= 0.6 is 34.8 Å². The molecule has 1 aliphatic heterocycles. The van der Waals surface area contributed by atoms with Gasteiger partial charge in [0.2, 0.25) is 5.91 Å². The number of rotatable bonds is 6. The molecule has 0 aromatic heterocycles. The van der Waals surface area contributed by atoms with E-state index in [0.29, 0.717) is 21.7 Å². The number of likely N-dealkylation sites (tertiary alicyclic amines) is 1.